The second kappa shape index (κ2) is 4.83. The highest BCUT2D eigenvalue weighted by Gasteiger charge is 2.13. The van der Waals surface area contributed by atoms with Gasteiger partial charge in [0.2, 0.25) is 0 Å². The van der Waals surface area contributed by atoms with Crippen molar-refractivity contribution in [3.05, 3.63) is 29.3 Å². The third-order valence-corrected chi connectivity index (χ3v) is 3.01. The van der Waals surface area contributed by atoms with Gasteiger partial charge in [-0.25, -0.2) is 0 Å². The van der Waals surface area contributed by atoms with E-state index in [0.29, 0.717) is 0 Å². The molecule has 2 heteroatoms. The lowest BCUT2D eigenvalue weighted by Crippen LogP contribution is -2.07. The van der Waals surface area contributed by atoms with E-state index in [0.717, 1.165) is 17.7 Å². The molecular formula is C12H15BrO. The average molecular weight is 255 g/mol. The van der Waals surface area contributed by atoms with Gasteiger partial charge in [-0.1, -0.05) is 28.1 Å². The van der Waals surface area contributed by atoms with E-state index in [1.165, 1.54) is 36.8 Å². The van der Waals surface area contributed by atoms with Gasteiger partial charge in [-0.15, -0.1) is 0 Å². The molecule has 0 bridgehead atoms. The van der Waals surface area contributed by atoms with Crippen LogP contribution in [0.4, 0.5) is 0 Å². The predicted molar refractivity (Wildman–Crippen MR) is 62.4 cm³/mol. The van der Waals surface area contributed by atoms with Crippen molar-refractivity contribution < 1.29 is 4.74 Å². The van der Waals surface area contributed by atoms with Crippen LogP contribution in [0.1, 0.15) is 24.0 Å². The van der Waals surface area contributed by atoms with Gasteiger partial charge in [-0.3, -0.25) is 0 Å². The minimum Gasteiger partial charge on any atom is -0.492 e. The maximum atomic E-state index is 5.71. The highest BCUT2D eigenvalue weighted by molar-refractivity contribution is 9.09. The molecule has 0 aromatic heterocycles. The first-order chi connectivity index (χ1) is 6.92. The van der Waals surface area contributed by atoms with E-state index in [1.54, 1.807) is 0 Å². The Morgan fingerprint density at radius 2 is 2.07 bits per heavy atom. The number of ether oxygens (including phenoxy) is 1. The molecule has 0 amide bonds. The first-order valence-electron chi connectivity index (χ1n) is 5.21. The van der Waals surface area contributed by atoms with Gasteiger partial charge in [0.1, 0.15) is 5.75 Å². The normalized spacial score (nSPS) is 14.9. The van der Waals surface area contributed by atoms with Gasteiger partial charge in [0.05, 0.1) is 6.61 Å². The van der Waals surface area contributed by atoms with Crippen LogP contribution in [0.3, 0.4) is 0 Å². The summed E-state index contributed by atoms with van der Waals surface area (Å²) in [6.45, 7) is 0.760. The second-order valence-corrected chi connectivity index (χ2v) is 4.43. The molecule has 1 aromatic rings. The van der Waals surface area contributed by atoms with Crippen LogP contribution >= 0.6 is 15.9 Å². The summed E-state index contributed by atoms with van der Waals surface area (Å²) < 4.78 is 5.71. The van der Waals surface area contributed by atoms with Crippen LogP contribution in [0.2, 0.25) is 0 Å². The fourth-order valence-corrected chi connectivity index (χ4v) is 2.19. The molecule has 1 aliphatic rings. The Balaban J connectivity index is 2.21. The van der Waals surface area contributed by atoms with Crippen molar-refractivity contribution in [2.75, 3.05) is 11.9 Å². The number of aryl methyl sites for hydroxylation is 1. The number of benzene rings is 1. The van der Waals surface area contributed by atoms with Crippen molar-refractivity contribution in [2.24, 2.45) is 0 Å². The summed E-state index contributed by atoms with van der Waals surface area (Å²) >= 11 is 3.38. The number of rotatable bonds is 3. The van der Waals surface area contributed by atoms with Crippen LogP contribution in [0.15, 0.2) is 18.2 Å². The molecule has 1 nitrogen and oxygen atoms in total. The van der Waals surface area contributed by atoms with Crippen LogP contribution in [0, 0.1) is 0 Å². The van der Waals surface area contributed by atoms with E-state index in [1.807, 2.05) is 0 Å². The van der Waals surface area contributed by atoms with E-state index in [9.17, 15) is 0 Å². The highest BCUT2D eigenvalue weighted by Crippen LogP contribution is 2.29. The van der Waals surface area contributed by atoms with E-state index in [2.05, 4.69) is 34.1 Å². The van der Waals surface area contributed by atoms with Crippen molar-refractivity contribution >= 4 is 15.9 Å². The number of hydrogen-bond acceptors (Lipinski definition) is 1. The summed E-state index contributed by atoms with van der Waals surface area (Å²) in [7, 11) is 0. The van der Waals surface area contributed by atoms with E-state index in [-0.39, 0.29) is 0 Å². The van der Waals surface area contributed by atoms with E-state index < -0.39 is 0 Å². The highest BCUT2D eigenvalue weighted by atomic mass is 79.9. The summed E-state index contributed by atoms with van der Waals surface area (Å²) in [6, 6.07) is 6.43. The summed E-state index contributed by atoms with van der Waals surface area (Å²) in [6.07, 6.45) is 5.05. The number of halogens is 1. The van der Waals surface area contributed by atoms with E-state index in [4.69, 9.17) is 4.74 Å². The molecule has 2 rings (SSSR count). The summed E-state index contributed by atoms with van der Waals surface area (Å²) in [4.78, 5) is 0. The van der Waals surface area contributed by atoms with Gasteiger partial charge in [0, 0.05) is 5.33 Å². The van der Waals surface area contributed by atoms with Gasteiger partial charge in [-0.2, -0.15) is 0 Å². The molecule has 0 saturated heterocycles. The lowest BCUT2D eigenvalue weighted by atomic mass is 9.91. The van der Waals surface area contributed by atoms with Gasteiger partial charge in [-0.05, 0) is 42.9 Å². The molecule has 14 heavy (non-hydrogen) atoms. The van der Waals surface area contributed by atoms with Gasteiger partial charge >= 0.3 is 0 Å². The molecule has 0 fully saturated rings. The number of hydrogen-bond donors (Lipinski definition) is 0. The number of alkyl halides is 1. The smallest absolute Gasteiger partial charge is 0.122 e. The molecule has 0 N–H and O–H groups in total. The lowest BCUT2D eigenvalue weighted by Gasteiger charge is -2.19. The van der Waals surface area contributed by atoms with Crippen LogP contribution in [0.25, 0.3) is 0 Å². The van der Waals surface area contributed by atoms with Gasteiger partial charge in [0.15, 0.2) is 0 Å². The zero-order valence-electron chi connectivity index (χ0n) is 8.26. The lowest BCUT2D eigenvalue weighted by molar-refractivity contribution is 0.339. The zero-order chi connectivity index (χ0) is 9.80. The Labute approximate surface area is 93.6 Å². The molecule has 0 unspecified atom stereocenters. The Kier molecular flexibility index (Phi) is 3.46. The maximum Gasteiger partial charge on any atom is 0.122 e. The summed E-state index contributed by atoms with van der Waals surface area (Å²) in [5.74, 6) is 1.10. The quantitative estimate of drug-likeness (QED) is 0.753. The monoisotopic (exact) mass is 254 g/mol. The van der Waals surface area contributed by atoms with Crippen LogP contribution < -0.4 is 4.74 Å². The second-order valence-electron chi connectivity index (χ2n) is 3.64. The van der Waals surface area contributed by atoms with Crippen LogP contribution in [0.5, 0.6) is 5.75 Å². The molecule has 0 radical (unpaired) electrons. The third kappa shape index (κ3) is 2.11. The predicted octanol–water partition coefficient (Wildman–Crippen LogP) is 3.34. The summed E-state index contributed by atoms with van der Waals surface area (Å²) in [5.41, 5.74) is 2.93. The Hall–Kier alpha value is -0.500. The molecule has 1 aliphatic carbocycles. The molecule has 0 heterocycles. The van der Waals surface area contributed by atoms with E-state index >= 15 is 0 Å². The molecule has 1 aromatic carbocycles. The Morgan fingerprint density at radius 3 is 2.93 bits per heavy atom. The fourth-order valence-electron chi connectivity index (χ4n) is 2.03. The Bertz CT molecular complexity index is 309. The Morgan fingerprint density at radius 1 is 1.21 bits per heavy atom. The molecule has 0 atom stereocenters. The van der Waals surface area contributed by atoms with Crippen molar-refractivity contribution in [1.29, 1.82) is 0 Å². The standard InChI is InChI=1S/C12H15BrO/c13-8-9-14-12-7-3-5-10-4-1-2-6-11(10)12/h3,5,7H,1-2,4,6,8-9H2. The SMILES string of the molecule is BrCCOc1cccc2c1CCCC2. The number of fused-ring (bicyclic) bond motifs is 1. The molecular weight excluding hydrogens is 240 g/mol. The first kappa shape index (κ1) is 10.0. The van der Waals surface area contributed by atoms with Crippen molar-refractivity contribution in [3.8, 4) is 5.75 Å². The van der Waals surface area contributed by atoms with Crippen molar-refractivity contribution in [2.45, 2.75) is 25.7 Å². The zero-order valence-corrected chi connectivity index (χ0v) is 9.85. The molecule has 76 valence electrons. The van der Waals surface area contributed by atoms with Crippen LogP contribution in [-0.2, 0) is 12.8 Å². The third-order valence-electron chi connectivity index (χ3n) is 2.69. The van der Waals surface area contributed by atoms with Gasteiger partial charge in [0.25, 0.3) is 0 Å². The minimum atomic E-state index is 0.760. The average Bonchev–Trinajstić information content (AvgIpc) is 2.26. The largest absolute Gasteiger partial charge is 0.492 e. The maximum absolute atomic E-state index is 5.71. The summed E-state index contributed by atoms with van der Waals surface area (Å²) in [5, 5.41) is 0.899. The molecule has 0 saturated carbocycles. The first-order valence-corrected chi connectivity index (χ1v) is 6.33. The van der Waals surface area contributed by atoms with Crippen molar-refractivity contribution in [3.63, 3.8) is 0 Å². The fraction of sp³-hybridized carbons (Fsp3) is 0.500. The topological polar surface area (TPSA) is 9.23 Å². The van der Waals surface area contributed by atoms with Crippen LogP contribution in [-0.4, -0.2) is 11.9 Å². The van der Waals surface area contributed by atoms with Crippen molar-refractivity contribution in [1.82, 2.24) is 0 Å². The molecule has 0 spiro atoms. The minimum absolute atomic E-state index is 0.760. The molecule has 0 aliphatic heterocycles. The van der Waals surface area contributed by atoms with Gasteiger partial charge < -0.3 is 4.74 Å².